The van der Waals surface area contributed by atoms with Gasteiger partial charge in [-0.05, 0) is 40.1 Å². The SMILES string of the molecule is c1ccc2c(c1)cnc1c2ccc2c3ccccc3c(-c3ccc(-c4ccc5oc6ccccc6c5c4)cc3)nc21. The Morgan fingerprint density at radius 3 is 1.90 bits per heavy atom. The van der Waals surface area contributed by atoms with Crippen LogP contribution in [0.15, 0.2) is 138 Å². The molecule has 0 amide bonds. The molecule has 9 aromatic rings. The maximum absolute atomic E-state index is 6.04. The molecular weight excluding hydrogens is 500 g/mol. The fraction of sp³-hybridized carbons (Fsp3) is 0. The Bertz CT molecular complexity index is 2470. The van der Waals surface area contributed by atoms with E-state index < -0.39 is 0 Å². The highest BCUT2D eigenvalue weighted by molar-refractivity contribution is 6.20. The van der Waals surface area contributed by atoms with Gasteiger partial charge >= 0.3 is 0 Å². The van der Waals surface area contributed by atoms with Gasteiger partial charge in [-0.2, -0.15) is 0 Å². The Balaban J connectivity index is 1.23. The summed E-state index contributed by atoms with van der Waals surface area (Å²) >= 11 is 0. The van der Waals surface area contributed by atoms with Gasteiger partial charge in [-0.25, -0.2) is 4.98 Å². The number of benzene rings is 6. The maximum atomic E-state index is 6.04. The first-order chi connectivity index (χ1) is 20.3. The van der Waals surface area contributed by atoms with E-state index in [0.29, 0.717) is 0 Å². The van der Waals surface area contributed by atoms with Gasteiger partial charge < -0.3 is 4.42 Å². The molecule has 0 fully saturated rings. The molecule has 0 saturated heterocycles. The third-order valence-electron chi connectivity index (χ3n) is 8.30. The minimum atomic E-state index is 0.909. The fourth-order valence-corrected chi connectivity index (χ4v) is 6.29. The number of pyridine rings is 2. The Morgan fingerprint density at radius 2 is 1.05 bits per heavy atom. The first kappa shape index (κ1) is 22.3. The van der Waals surface area contributed by atoms with Crippen molar-refractivity contribution in [1.82, 2.24) is 9.97 Å². The number of rotatable bonds is 2. The minimum Gasteiger partial charge on any atom is -0.456 e. The van der Waals surface area contributed by atoms with Gasteiger partial charge in [-0.15, -0.1) is 0 Å². The summed E-state index contributed by atoms with van der Waals surface area (Å²) in [5.74, 6) is 0. The molecule has 6 aromatic carbocycles. The van der Waals surface area contributed by atoms with E-state index in [2.05, 4.69) is 115 Å². The summed E-state index contributed by atoms with van der Waals surface area (Å²) in [5.41, 5.74) is 8.07. The minimum absolute atomic E-state index is 0.909. The first-order valence-corrected chi connectivity index (χ1v) is 13.8. The molecule has 0 saturated carbocycles. The standard InChI is InChI=1S/C38H22N2O/c1-2-8-27-26(7-1)22-39-37-31(27)18-19-32-28-9-3-4-11-30(28)36(40-38(32)37)24-15-13-23(14-16-24)25-17-20-35-33(21-25)29-10-5-6-12-34(29)41-35/h1-22H. The van der Waals surface area contributed by atoms with Crippen LogP contribution in [0.3, 0.4) is 0 Å². The van der Waals surface area contributed by atoms with Crippen molar-refractivity contribution in [1.29, 1.82) is 0 Å². The Hall–Kier alpha value is -5.54. The van der Waals surface area contributed by atoms with Crippen LogP contribution < -0.4 is 0 Å². The molecule has 190 valence electrons. The molecular formula is C38H22N2O. The molecule has 9 rings (SSSR count). The number of para-hydroxylation sites is 1. The van der Waals surface area contributed by atoms with Crippen molar-refractivity contribution in [3.63, 3.8) is 0 Å². The monoisotopic (exact) mass is 522 g/mol. The molecule has 0 unspecified atom stereocenters. The van der Waals surface area contributed by atoms with Gasteiger partial charge in [0.25, 0.3) is 0 Å². The predicted octanol–water partition coefficient (Wildman–Crippen LogP) is 10.3. The van der Waals surface area contributed by atoms with Crippen LogP contribution in [-0.2, 0) is 0 Å². The molecule has 0 aliphatic heterocycles. The summed E-state index contributed by atoms with van der Waals surface area (Å²) < 4.78 is 6.04. The number of hydrogen-bond acceptors (Lipinski definition) is 3. The van der Waals surface area contributed by atoms with Gasteiger partial charge in [-0.1, -0.05) is 109 Å². The molecule has 3 heteroatoms. The van der Waals surface area contributed by atoms with Crippen molar-refractivity contribution in [2.75, 3.05) is 0 Å². The van der Waals surface area contributed by atoms with Crippen molar-refractivity contribution < 1.29 is 4.42 Å². The molecule has 3 nitrogen and oxygen atoms in total. The van der Waals surface area contributed by atoms with Crippen LogP contribution in [0.1, 0.15) is 0 Å². The third-order valence-corrected chi connectivity index (χ3v) is 8.30. The largest absolute Gasteiger partial charge is 0.456 e. The second-order valence-corrected chi connectivity index (χ2v) is 10.6. The lowest BCUT2D eigenvalue weighted by Crippen LogP contribution is -1.93. The highest BCUT2D eigenvalue weighted by Gasteiger charge is 2.15. The lowest BCUT2D eigenvalue weighted by atomic mass is 9.96. The van der Waals surface area contributed by atoms with Crippen molar-refractivity contribution in [2.45, 2.75) is 0 Å². The van der Waals surface area contributed by atoms with Crippen LogP contribution in [0.5, 0.6) is 0 Å². The number of aromatic nitrogens is 2. The van der Waals surface area contributed by atoms with Crippen LogP contribution in [0, 0.1) is 0 Å². The summed E-state index contributed by atoms with van der Waals surface area (Å²) in [6, 6.07) is 44.7. The lowest BCUT2D eigenvalue weighted by molar-refractivity contribution is 0.669. The van der Waals surface area contributed by atoms with E-state index in [0.717, 1.165) is 76.9 Å². The van der Waals surface area contributed by atoms with E-state index in [4.69, 9.17) is 14.4 Å². The molecule has 0 aliphatic carbocycles. The molecule has 3 heterocycles. The van der Waals surface area contributed by atoms with Gasteiger partial charge in [0.2, 0.25) is 0 Å². The summed E-state index contributed by atoms with van der Waals surface area (Å²) in [7, 11) is 0. The van der Waals surface area contributed by atoms with E-state index in [9.17, 15) is 0 Å². The number of hydrogen-bond donors (Lipinski definition) is 0. The molecule has 0 aliphatic rings. The molecule has 0 N–H and O–H groups in total. The Kier molecular flexibility index (Phi) is 4.61. The molecule has 41 heavy (non-hydrogen) atoms. The van der Waals surface area contributed by atoms with E-state index >= 15 is 0 Å². The highest BCUT2D eigenvalue weighted by atomic mass is 16.3. The fourth-order valence-electron chi connectivity index (χ4n) is 6.29. The average molecular weight is 523 g/mol. The van der Waals surface area contributed by atoms with Crippen molar-refractivity contribution in [3.8, 4) is 22.4 Å². The Morgan fingerprint density at radius 1 is 0.415 bits per heavy atom. The van der Waals surface area contributed by atoms with Crippen LogP contribution in [0.2, 0.25) is 0 Å². The van der Waals surface area contributed by atoms with Gasteiger partial charge in [-0.3, -0.25) is 4.98 Å². The van der Waals surface area contributed by atoms with Crippen LogP contribution in [-0.4, -0.2) is 9.97 Å². The quantitative estimate of drug-likeness (QED) is 0.212. The highest BCUT2D eigenvalue weighted by Crippen LogP contribution is 2.38. The van der Waals surface area contributed by atoms with Crippen molar-refractivity contribution >= 4 is 65.3 Å². The zero-order chi connectivity index (χ0) is 26.9. The molecule has 0 radical (unpaired) electrons. The summed E-state index contributed by atoms with van der Waals surface area (Å²) in [6.45, 7) is 0. The van der Waals surface area contributed by atoms with Gasteiger partial charge in [0, 0.05) is 44.1 Å². The molecule has 0 bridgehead atoms. The normalized spacial score (nSPS) is 11.9. The Labute approximate surface area is 235 Å². The second kappa shape index (κ2) is 8.48. The van der Waals surface area contributed by atoms with Crippen molar-refractivity contribution in [2.24, 2.45) is 0 Å². The van der Waals surface area contributed by atoms with Gasteiger partial charge in [0.05, 0.1) is 16.7 Å². The van der Waals surface area contributed by atoms with Crippen LogP contribution in [0.4, 0.5) is 0 Å². The van der Waals surface area contributed by atoms with E-state index in [1.807, 2.05) is 18.3 Å². The van der Waals surface area contributed by atoms with Crippen LogP contribution >= 0.6 is 0 Å². The topological polar surface area (TPSA) is 38.9 Å². The first-order valence-electron chi connectivity index (χ1n) is 13.8. The summed E-state index contributed by atoms with van der Waals surface area (Å²) in [4.78, 5) is 10.2. The molecule has 3 aromatic heterocycles. The summed E-state index contributed by atoms with van der Waals surface area (Å²) in [5, 5.41) is 9.18. The lowest BCUT2D eigenvalue weighted by Gasteiger charge is -2.13. The van der Waals surface area contributed by atoms with Gasteiger partial charge in [0.1, 0.15) is 11.2 Å². The van der Waals surface area contributed by atoms with E-state index in [1.165, 1.54) is 10.8 Å². The zero-order valence-electron chi connectivity index (χ0n) is 22.0. The van der Waals surface area contributed by atoms with E-state index in [-0.39, 0.29) is 0 Å². The zero-order valence-corrected chi connectivity index (χ0v) is 22.0. The number of fused-ring (bicyclic) bond motifs is 10. The number of furan rings is 1. The van der Waals surface area contributed by atoms with Crippen molar-refractivity contribution in [3.05, 3.63) is 134 Å². The smallest absolute Gasteiger partial charge is 0.135 e. The second-order valence-electron chi connectivity index (χ2n) is 10.6. The predicted molar refractivity (Wildman–Crippen MR) is 170 cm³/mol. The number of nitrogens with zero attached hydrogens (tertiary/aromatic N) is 2. The molecule has 0 spiro atoms. The maximum Gasteiger partial charge on any atom is 0.135 e. The van der Waals surface area contributed by atoms with Gasteiger partial charge in [0.15, 0.2) is 0 Å². The third kappa shape index (κ3) is 3.33. The van der Waals surface area contributed by atoms with Crippen LogP contribution in [0.25, 0.3) is 87.7 Å². The molecule has 0 atom stereocenters. The van der Waals surface area contributed by atoms with E-state index in [1.54, 1.807) is 0 Å². The summed E-state index contributed by atoms with van der Waals surface area (Å²) in [6.07, 6.45) is 1.96. The average Bonchev–Trinajstić information content (AvgIpc) is 3.42.